The SMILES string of the molecule is O=[N+]([O-])c1cc(F)c(F)cc1NCC1CCSC1. The van der Waals surface area contributed by atoms with Crippen molar-refractivity contribution in [2.24, 2.45) is 5.92 Å². The quantitative estimate of drug-likeness (QED) is 0.677. The van der Waals surface area contributed by atoms with E-state index in [4.69, 9.17) is 0 Å². The van der Waals surface area contributed by atoms with Crippen LogP contribution in [0.2, 0.25) is 0 Å². The summed E-state index contributed by atoms with van der Waals surface area (Å²) in [6.07, 6.45) is 1.04. The summed E-state index contributed by atoms with van der Waals surface area (Å²) in [4.78, 5) is 10.0. The third kappa shape index (κ3) is 2.90. The molecule has 0 saturated carbocycles. The summed E-state index contributed by atoms with van der Waals surface area (Å²) in [5.41, 5.74) is -0.393. The number of nitro groups is 1. The first-order valence-corrected chi connectivity index (χ1v) is 6.68. The van der Waals surface area contributed by atoms with E-state index in [1.54, 1.807) is 0 Å². The number of thioether (sulfide) groups is 1. The highest BCUT2D eigenvalue weighted by molar-refractivity contribution is 7.99. The average molecular weight is 274 g/mol. The highest BCUT2D eigenvalue weighted by Gasteiger charge is 2.21. The Bertz CT molecular complexity index is 465. The number of nitrogens with one attached hydrogen (secondary N) is 1. The van der Waals surface area contributed by atoms with Crippen LogP contribution in [-0.4, -0.2) is 23.0 Å². The van der Waals surface area contributed by atoms with Crippen LogP contribution < -0.4 is 5.32 Å². The van der Waals surface area contributed by atoms with Gasteiger partial charge in [-0.1, -0.05) is 0 Å². The molecule has 0 aromatic heterocycles. The van der Waals surface area contributed by atoms with Gasteiger partial charge in [0.2, 0.25) is 0 Å². The molecule has 18 heavy (non-hydrogen) atoms. The van der Waals surface area contributed by atoms with Crippen molar-refractivity contribution < 1.29 is 13.7 Å². The minimum absolute atomic E-state index is 0.0378. The summed E-state index contributed by atoms with van der Waals surface area (Å²) in [5, 5.41) is 13.6. The van der Waals surface area contributed by atoms with Crippen LogP contribution in [0.5, 0.6) is 0 Å². The standard InChI is InChI=1S/C11H12F2N2O2S/c12-8-3-10(11(15(16)17)4-9(8)13)14-5-7-1-2-18-6-7/h3-4,7,14H,1-2,5-6H2. The zero-order chi connectivity index (χ0) is 13.1. The van der Waals surface area contributed by atoms with Crippen LogP contribution in [0.3, 0.4) is 0 Å². The smallest absolute Gasteiger partial charge is 0.295 e. The number of benzene rings is 1. The Morgan fingerprint density at radius 1 is 1.44 bits per heavy atom. The number of halogens is 2. The number of nitro benzene ring substituents is 1. The van der Waals surface area contributed by atoms with Gasteiger partial charge in [0.05, 0.1) is 11.0 Å². The zero-order valence-corrected chi connectivity index (χ0v) is 10.3. The van der Waals surface area contributed by atoms with Crippen LogP contribution in [0.25, 0.3) is 0 Å². The summed E-state index contributed by atoms with van der Waals surface area (Å²) in [6.45, 7) is 0.541. The molecule has 7 heteroatoms. The van der Waals surface area contributed by atoms with Crippen LogP contribution in [-0.2, 0) is 0 Å². The lowest BCUT2D eigenvalue weighted by Crippen LogP contribution is -2.14. The lowest BCUT2D eigenvalue weighted by atomic mass is 10.1. The third-order valence-corrected chi connectivity index (χ3v) is 4.07. The second-order valence-corrected chi connectivity index (χ2v) is 5.30. The second-order valence-electron chi connectivity index (χ2n) is 4.15. The topological polar surface area (TPSA) is 55.2 Å². The molecule has 0 bridgehead atoms. The minimum atomic E-state index is -1.20. The van der Waals surface area contributed by atoms with E-state index in [1.165, 1.54) is 0 Å². The fourth-order valence-electron chi connectivity index (χ4n) is 1.83. The van der Waals surface area contributed by atoms with Gasteiger partial charge < -0.3 is 5.32 Å². The van der Waals surface area contributed by atoms with E-state index in [9.17, 15) is 18.9 Å². The van der Waals surface area contributed by atoms with Crippen molar-refractivity contribution in [2.75, 3.05) is 23.4 Å². The number of hydrogen-bond donors (Lipinski definition) is 1. The van der Waals surface area contributed by atoms with Crippen molar-refractivity contribution in [3.05, 3.63) is 33.9 Å². The van der Waals surface area contributed by atoms with Crippen molar-refractivity contribution in [1.82, 2.24) is 0 Å². The first-order valence-electron chi connectivity index (χ1n) is 5.53. The maximum atomic E-state index is 13.1. The molecule has 2 rings (SSSR count). The minimum Gasteiger partial charge on any atom is -0.379 e. The molecule has 0 amide bonds. The van der Waals surface area contributed by atoms with Crippen LogP contribution in [0, 0.1) is 27.7 Å². The Morgan fingerprint density at radius 3 is 2.78 bits per heavy atom. The van der Waals surface area contributed by atoms with Gasteiger partial charge in [0, 0.05) is 12.6 Å². The van der Waals surface area contributed by atoms with Crippen LogP contribution in [0.1, 0.15) is 6.42 Å². The fraction of sp³-hybridized carbons (Fsp3) is 0.455. The molecule has 1 fully saturated rings. The summed E-state index contributed by atoms with van der Waals surface area (Å²) in [6, 6.07) is 1.45. The van der Waals surface area contributed by atoms with Crippen LogP contribution in [0.4, 0.5) is 20.2 Å². The first-order chi connectivity index (χ1) is 8.58. The van der Waals surface area contributed by atoms with Crippen molar-refractivity contribution in [2.45, 2.75) is 6.42 Å². The van der Waals surface area contributed by atoms with Gasteiger partial charge in [0.15, 0.2) is 11.6 Å². The molecule has 0 aliphatic carbocycles. The van der Waals surface area contributed by atoms with Crippen molar-refractivity contribution in [3.8, 4) is 0 Å². The summed E-state index contributed by atoms with van der Waals surface area (Å²) in [7, 11) is 0. The Kier molecular flexibility index (Phi) is 4.00. The molecule has 1 atom stereocenters. The number of nitrogens with zero attached hydrogens (tertiary/aromatic N) is 1. The predicted octanol–water partition coefficient (Wildman–Crippen LogP) is 3.04. The normalized spacial score (nSPS) is 18.9. The van der Waals surface area contributed by atoms with E-state index in [1.807, 2.05) is 11.8 Å². The largest absolute Gasteiger partial charge is 0.379 e. The maximum Gasteiger partial charge on any atom is 0.295 e. The van der Waals surface area contributed by atoms with E-state index < -0.39 is 22.2 Å². The molecule has 1 saturated heterocycles. The molecule has 0 spiro atoms. The Morgan fingerprint density at radius 2 is 2.17 bits per heavy atom. The van der Waals surface area contributed by atoms with Gasteiger partial charge in [0.1, 0.15) is 5.69 Å². The van der Waals surface area contributed by atoms with Crippen LogP contribution in [0.15, 0.2) is 12.1 Å². The molecule has 1 aromatic rings. The zero-order valence-electron chi connectivity index (χ0n) is 9.49. The Balaban J connectivity index is 2.14. The highest BCUT2D eigenvalue weighted by atomic mass is 32.2. The Labute approximate surface area is 107 Å². The molecule has 1 N–H and O–H groups in total. The van der Waals surface area contributed by atoms with Gasteiger partial charge in [0.25, 0.3) is 5.69 Å². The second kappa shape index (κ2) is 5.51. The summed E-state index contributed by atoms with van der Waals surface area (Å²) < 4.78 is 26.0. The summed E-state index contributed by atoms with van der Waals surface area (Å²) >= 11 is 1.83. The molecule has 98 valence electrons. The molecule has 1 unspecified atom stereocenters. The molecule has 4 nitrogen and oxygen atoms in total. The molecule has 0 radical (unpaired) electrons. The van der Waals surface area contributed by atoms with E-state index in [0.717, 1.165) is 24.0 Å². The van der Waals surface area contributed by atoms with Gasteiger partial charge in [-0.3, -0.25) is 10.1 Å². The van der Waals surface area contributed by atoms with E-state index in [0.29, 0.717) is 18.5 Å². The van der Waals surface area contributed by atoms with Gasteiger partial charge >= 0.3 is 0 Å². The van der Waals surface area contributed by atoms with E-state index >= 15 is 0 Å². The average Bonchev–Trinajstić information content (AvgIpc) is 2.83. The molecule has 1 aromatic carbocycles. The number of hydrogen-bond acceptors (Lipinski definition) is 4. The fourth-order valence-corrected chi connectivity index (χ4v) is 3.11. The molecule has 1 aliphatic heterocycles. The van der Waals surface area contributed by atoms with Gasteiger partial charge in [-0.05, 0) is 23.8 Å². The van der Waals surface area contributed by atoms with Gasteiger partial charge in [-0.25, -0.2) is 8.78 Å². The predicted molar refractivity (Wildman–Crippen MR) is 66.9 cm³/mol. The van der Waals surface area contributed by atoms with E-state index in [-0.39, 0.29) is 5.69 Å². The Hall–Kier alpha value is -1.37. The highest BCUT2D eigenvalue weighted by Crippen LogP contribution is 2.29. The molecule has 1 heterocycles. The molecule has 1 aliphatic rings. The maximum absolute atomic E-state index is 13.1. The summed E-state index contributed by atoms with van der Waals surface area (Å²) in [5.74, 6) is 0.201. The third-order valence-electron chi connectivity index (χ3n) is 2.84. The van der Waals surface area contributed by atoms with E-state index in [2.05, 4.69) is 5.32 Å². The first kappa shape index (κ1) is 13.1. The van der Waals surface area contributed by atoms with Crippen molar-refractivity contribution in [3.63, 3.8) is 0 Å². The monoisotopic (exact) mass is 274 g/mol. The van der Waals surface area contributed by atoms with Crippen LogP contribution >= 0.6 is 11.8 Å². The molecular weight excluding hydrogens is 262 g/mol. The lowest BCUT2D eigenvalue weighted by Gasteiger charge is -2.11. The number of rotatable bonds is 4. The van der Waals surface area contributed by atoms with Gasteiger partial charge in [-0.2, -0.15) is 11.8 Å². The van der Waals surface area contributed by atoms with Gasteiger partial charge in [-0.15, -0.1) is 0 Å². The van der Waals surface area contributed by atoms with Crippen molar-refractivity contribution >= 4 is 23.1 Å². The van der Waals surface area contributed by atoms with Crippen molar-refractivity contribution in [1.29, 1.82) is 0 Å². The molecular formula is C11H12F2N2O2S. The number of anilines is 1. The lowest BCUT2D eigenvalue weighted by molar-refractivity contribution is -0.384.